The largest absolute Gasteiger partial charge is 0.288 e. The first kappa shape index (κ1) is 20.6. The van der Waals surface area contributed by atoms with Gasteiger partial charge in [0, 0.05) is 51.9 Å². The predicted octanol–water partition coefficient (Wildman–Crippen LogP) is 2.13. The first-order valence-electron chi connectivity index (χ1n) is 8.21. The fraction of sp³-hybridized carbons (Fsp3) is 1.00. The highest BCUT2D eigenvalue weighted by molar-refractivity contribution is 4.69. The van der Waals surface area contributed by atoms with Crippen LogP contribution in [0.2, 0.25) is 0 Å². The Balaban J connectivity index is 2.60. The maximum absolute atomic E-state index is 14.0. The fourth-order valence-electron chi connectivity index (χ4n) is 2.48. The first-order valence-corrected chi connectivity index (χ1v) is 8.21. The molecule has 1 saturated heterocycles. The van der Waals surface area contributed by atoms with Gasteiger partial charge in [0.2, 0.25) is 0 Å². The van der Waals surface area contributed by atoms with Gasteiger partial charge in [0.15, 0.2) is 25.2 Å². The SMILES string of the molecule is CN1CCC(F)NCCC(F)N(C)CCC(F)N(C)CCC1F. The van der Waals surface area contributed by atoms with Crippen LogP contribution in [0.5, 0.6) is 0 Å². The van der Waals surface area contributed by atoms with Crippen molar-refractivity contribution in [3.63, 3.8) is 0 Å². The summed E-state index contributed by atoms with van der Waals surface area (Å²) in [6.07, 6.45) is -4.42. The normalized spacial score (nSPS) is 36.1. The third-order valence-electron chi connectivity index (χ3n) is 4.36. The molecule has 138 valence electrons. The minimum absolute atomic E-state index is 0.130. The molecule has 0 spiro atoms. The highest BCUT2D eigenvalue weighted by atomic mass is 19.1. The van der Waals surface area contributed by atoms with Gasteiger partial charge in [0.1, 0.15) is 0 Å². The monoisotopic (exact) mass is 342 g/mol. The van der Waals surface area contributed by atoms with Crippen LogP contribution in [-0.2, 0) is 0 Å². The zero-order chi connectivity index (χ0) is 17.4. The first-order chi connectivity index (χ1) is 10.8. The van der Waals surface area contributed by atoms with E-state index >= 15 is 0 Å². The second kappa shape index (κ2) is 10.4. The summed E-state index contributed by atoms with van der Waals surface area (Å²) in [6, 6.07) is 0. The van der Waals surface area contributed by atoms with Crippen LogP contribution in [0.15, 0.2) is 0 Å². The smallest absolute Gasteiger partial charge is 0.154 e. The molecule has 0 aromatic carbocycles. The average molecular weight is 342 g/mol. The standard InChI is InChI=1S/C15H30F4N4/c1-21-9-5-12(16)20-8-4-13(17)22(2)10-6-15(19)23(3)11-7-14(21)18/h12-15,20H,4-11H2,1-3H3. The van der Waals surface area contributed by atoms with E-state index in [9.17, 15) is 17.6 Å². The van der Waals surface area contributed by atoms with Crippen molar-refractivity contribution in [3.8, 4) is 0 Å². The quantitative estimate of drug-likeness (QED) is 0.538. The van der Waals surface area contributed by atoms with Gasteiger partial charge in [-0.1, -0.05) is 0 Å². The van der Waals surface area contributed by atoms with E-state index in [4.69, 9.17) is 0 Å². The molecule has 0 radical (unpaired) electrons. The van der Waals surface area contributed by atoms with Gasteiger partial charge in [0.25, 0.3) is 0 Å². The minimum Gasteiger partial charge on any atom is -0.288 e. The predicted molar refractivity (Wildman–Crippen MR) is 83.9 cm³/mol. The number of nitrogens with zero attached hydrogens (tertiary/aromatic N) is 3. The van der Waals surface area contributed by atoms with Crippen molar-refractivity contribution in [2.75, 3.05) is 47.3 Å². The fourth-order valence-corrected chi connectivity index (χ4v) is 2.48. The summed E-state index contributed by atoms with van der Waals surface area (Å²) in [5.41, 5.74) is 0. The van der Waals surface area contributed by atoms with Gasteiger partial charge < -0.3 is 0 Å². The van der Waals surface area contributed by atoms with Crippen LogP contribution in [0.4, 0.5) is 17.6 Å². The zero-order valence-electron chi connectivity index (χ0n) is 14.3. The molecule has 4 unspecified atom stereocenters. The third kappa shape index (κ3) is 7.78. The minimum atomic E-state index is -1.28. The van der Waals surface area contributed by atoms with E-state index in [0.717, 1.165) is 0 Å². The van der Waals surface area contributed by atoms with Gasteiger partial charge in [-0.15, -0.1) is 0 Å². The number of alkyl halides is 4. The molecule has 1 aliphatic heterocycles. The third-order valence-corrected chi connectivity index (χ3v) is 4.36. The number of halogens is 4. The Morgan fingerprint density at radius 3 is 1.52 bits per heavy atom. The molecule has 0 bridgehead atoms. The zero-order valence-corrected chi connectivity index (χ0v) is 14.3. The Bertz CT molecular complexity index is 324. The molecular weight excluding hydrogens is 312 g/mol. The molecule has 0 aromatic rings. The highest BCUT2D eigenvalue weighted by Gasteiger charge is 2.21. The Morgan fingerprint density at radius 1 is 0.652 bits per heavy atom. The van der Waals surface area contributed by atoms with E-state index in [2.05, 4.69) is 5.32 Å². The molecule has 0 saturated carbocycles. The molecule has 4 atom stereocenters. The second-order valence-corrected chi connectivity index (χ2v) is 6.32. The Hall–Kier alpha value is -0.440. The molecule has 23 heavy (non-hydrogen) atoms. The lowest BCUT2D eigenvalue weighted by Crippen LogP contribution is -2.40. The maximum atomic E-state index is 14.0. The van der Waals surface area contributed by atoms with E-state index in [0.29, 0.717) is 0 Å². The number of rotatable bonds is 0. The molecule has 1 N–H and O–H groups in total. The lowest BCUT2D eigenvalue weighted by atomic mass is 10.2. The maximum Gasteiger partial charge on any atom is 0.154 e. The number of hydrogen-bond donors (Lipinski definition) is 1. The van der Waals surface area contributed by atoms with Crippen LogP contribution in [0, 0.1) is 0 Å². The van der Waals surface area contributed by atoms with Gasteiger partial charge in [-0.05, 0) is 21.1 Å². The molecule has 0 aromatic heterocycles. The van der Waals surface area contributed by atoms with Crippen molar-refractivity contribution in [1.29, 1.82) is 0 Å². The average Bonchev–Trinajstić information content (AvgIpc) is 2.53. The molecule has 0 amide bonds. The number of nitrogens with one attached hydrogen (secondary N) is 1. The summed E-state index contributed by atoms with van der Waals surface area (Å²) in [5.74, 6) is 0. The molecule has 1 fully saturated rings. The molecule has 4 nitrogen and oxygen atoms in total. The van der Waals surface area contributed by atoms with Crippen LogP contribution in [0.1, 0.15) is 25.7 Å². The van der Waals surface area contributed by atoms with E-state index < -0.39 is 25.2 Å². The van der Waals surface area contributed by atoms with Crippen LogP contribution in [-0.4, -0.2) is 87.2 Å². The van der Waals surface area contributed by atoms with Crippen molar-refractivity contribution < 1.29 is 17.6 Å². The van der Waals surface area contributed by atoms with Crippen LogP contribution in [0.25, 0.3) is 0 Å². The van der Waals surface area contributed by atoms with E-state index in [1.165, 1.54) is 14.7 Å². The van der Waals surface area contributed by atoms with Gasteiger partial charge in [-0.2, -0.15) is 0 Å². The van der Waals surface area contributed by atoms with E-state index in [-0.39, 0.29) is 51.9 Å². The Morgan fingerprint density at radius 2 is 1.04 bits per heavy atom. The van der Waals surface area contributed by atoms with Crippen LogP contribution >= 0.6 is 0 Å². The van der Waals surface area contributed by atoms with Crippen molar-refractivity contribution >= 4 is 0 Å². The van der Waals surface area contributed by atoms with Crippen LogP contribution < -0.4 is 5.32 Å². The summed E-state index contributed by atoms with van der Waals surface area (Å²) in [7, 11) is 4.76. The summed E-state index contributed by atoms with van der Waals surface area (Å²) < 4.78 is 55.7. The molecule has 1 heterocycles. The van der Waals surface area contributed by atoms with Crippen molar-refractivity contribution in [2.24, 2.45) is 0 Å². The molecule has 0 aliphatic carbocycles. The van der Waals surface area contributed by atoms with Crippen molar-refractivity contribution in [1.82, 2.24) is 20.0 Å². The topological polar surface area (TPSA) is 21.8 Å². The number of hydrogen-bond acceptors (Lipinski definition) is 4. The van der Waals surface area contributed by atoms with Gasteiger partial charge >= 0.3 is 0 Å². The Labute approximate surface area is 136 Å². The summed E-state index contributed by atoms with van der Waals surface area (Å²) in [4.78, 5) is 4.28. The molecule has 1 aliphatic rings. The van der Waals surface area contributed by atoms with Crippen molar-refractivity contribution in [2.45, 2.75) is 50.9 Å². The van der Waals surface area contributed by atoms with Gasteiger partial charge in [0.05, 0.1) is 0 Å². The molecule has 1 rings (SSSR count). The lowest BCUT2D eigenvalue weighted by molar-refractivity contribution is 0.0333. The Kier molecular flexibility index (Phi) is 9.34. The van der Waals surface area contributed by atoms with Crippen molar-refractivity contribution in [3.05, 3.63) is 0 Å². The van der Waals surface area contributed by atoms with E-state index in [1.807, 2.05) is 0 Å². The molecule has 8 heteroatoms. The second-order valence-electron chi connectivity index (χ2n) is 6.32. The highest BCUT2D eigenvalue weighted by Crippen LogP contribution is 2.13. The summed E-state index contributed by atoms with van der Waals surface area (Å²) >= 11 is 0. The summed E-state index contributed by atoms with van der Waals surface area (Å²) in [5, 5.41) is 2.60. The van der Waals surface area contributed by atoms with Gasteiger partial charge in [-0.3, -0.25) is 20.0 Å². The lowest BCUT2D eigenvalue weighted by Gasteiger charge is -2.28. The van der Waals surface area contributed by atoms with E-state index in [1.54, 1.807) is 21.1 Å². The van der Waals surface area contributed by atoms with Crippen LogP contribution in [0.3, 0.4) is 0 Å². The van der Waals surface area contributed by atoms with Gasteiger partial charge in [-0.25, -0.2) is 17.6 Å². The molecular formula is C15H30F4N4. The summed E-state index contributed by atoms with van der Waals surface area (Å²) in [6.45, 7) is 0.947.